The summed E-state index contributed by atoms with van der Waals surface area (Å²) in [5.41, 5.74) is 10.4. The van der Waals surface area contributed by atoms with E-state index >= 15 is 0 Å². The summed E-state index contributed by atoms with van der Waals surface area (Å²) >= 11 is 6.94. The van der Waals surface area contributed by atoms with Crippen LogP contribution in [0.1, 0.15) is 65.5 Å². The normalized spacial score (nSPS) is 16.6. The van der Waals surface area contributed by atoms with Crippen LogP contribution >= 0.6 is 11.6 Å². The van der Waals surface area contributed by atoms with Crippen LogP contribution in [0.3, 0.4) is 0 Å². The summed E-state index contributed by atoms with van der Waals surface area (Å²) in [6.45, 7) is 11.2. The molecule has 284 valence electrons. The fraction of sp³-hybridized carbons (Fsp3) is 0.405. The van der Waals surface area contributed by atoms with Gasteiger partial charge in [-0.1, -0.05) is 41.9 Å². The molecule has 2 aliphatic heterocycles. The zero-order valence-electron chi connectivity index (χ0n) is 31.3. The lowest BCUT2D eigenvalue weighted by atomic mass is 9.93. The summed E-state index contributed by atoms with van der Waals surface area (Å²) < 4.78 is 19.1. The Morgan fingerprint density at radius 2 is 1.67 bits per heavy atom. The van der Waals surface area contributed by atoms with E-state index in [2.05, 4.69) is 81.6 Å². The van der Waals surface area contributed by atoms with E-state index < -0.39 is 0 Å². The van der Waals surface area contributed by atoms with Crippen molar-refractivity contribution in [1.82, 2.24) is 20.2 Å². The molecule has 0 amide bonds. The highest BCUT2D eigenvalue weighted by atomic mass is 35.5. The number of hydrogen-bond acceptors (Lipinski definition) is 10. The van der Waals surface area contributed by atoms with E-state index in [0.29, 0.717) is 47.7 Å². The van der Waals surface area contributed by atoms with Crippen LogP contribution in [0.4, 0.5) is 0 Å². The summed E-state index contributed by atoms with van der Waals surface area (Å²) in [6, 6.07) is 20.3. The Balaban J connectivity index is 1.18. The molecule has 0 bridgehead atoms. The molecule has 0 spiro atoms. The number of nitrogens with one attached hydrogen (secondary N) is 1. The zero-order chi connectivity index (χ0) is 37.9. The molecule has 12 heteroatoms. The van der Waals surface area contributed by atoms with Crippen LogP contribution < -0.4 is 31.3 Å². The van der Waals surface area contributed by atoms with E-state index in [9.17, 15) is 5.26 Å². The number of hydrazone groups is 1. The monoisotopic (exact) mass is 750 g/mol. The molecule has 3 aromatic carbocycles. The van der Waals surface area contributed by atoms with E-state index in [1.807, 2.05) is 12.1 Å². The Kier molecular flexibility index (Phi) is 13.6. The molecule has 5 N–H and O–H groups in total. The maximum absolute atomic E-state index is 9.38. The zero-order valence-corrected chi connectivity index (χ0v) is 32.1. The minimum absolute atomic E-state index is 0.0958. The molecule has 1 atom stereocenters. The van der Waals surface area contributed by atoms with Crippen molar-refractivity contribution in [2.24, 2.45) is 22.7 Å². The van der Waals surface area contributed by atoms with Crippen LogP contribution in [-0.4, -0.2) is 60.0 Å². The minimum atomic E-state index is 0.0958. The standard InChI is InChI=1S/C42H51ClN8O3/c1-29-34(9-5-11-36(29)37-12-6-13-39(30(37)2)52-18-8-17-50-14-3-4-15-50)28-54-41-21-40(53-27-32-19-31(22-44)23-47-24-32)35(20-38(41)43)26-51-16-7-10-33(25-51)42(48-45)49-46/h5-6,9,11-13,19-21,23-24,33H,3-4,7-8,10,14-18,25-28,45-46H2,1-2H3,(H,48,49). The molecule has 2 saturated heterocycles. The second kappa shape index (κ2) is 18.9. The van der Waals surface area contributed by atoms with Crippen molar-refractivity contribution in [1.29, 1.82) is 5.26 Å². The fourth-order valence-electron chi connectivity index (χ4n) is 7.48. The van der Waals surface area contributed by atoms with Crippen LogP contribution in [0.15, 0.2) is 72.1 Å². The number of hydrogen-bond donors (Lipinski definition) is 3. The van der Waals surface area contributed by atoms with Gasteiger partial charge in [0.15, 0.2) is 0 Å². The molecule has 11 nitrogen and oxygen atoms in total. The molecule has 0 radical (unpaired) electrons. The number of halogens is 1. The second-order valence-corrected chi connectivity index (χ2v) is 14.6. The molecule has 1 unspecified atom stereocenters. The van der Waals surface area contributed by atoms with E-state index in [0.717, 1.165) is 83.6 Å². The van der Waals surface area contributed by atoms with Gasteiger partial charge in [-0.05, 0) is 112 Å². The van der Waals surface area contributed by atoms with Gasteiger partial charge >= 0.3 is 0 Å². The van der Waals surface area contributed by atoms with Crippen molar-refractivity contribution in [3.8, 4) is 34.4 Å². The molecule has 3 heterocycles. The highest BCUT2D eigenvalue weighted by Gasteiger charge is 2.25. The number of amidine groups is 1. The van der Waals surface area contributed by atoms with Crippen molar-refractivity contribution < 1.29 is 14.2 Å². The number of aromatic nitrogens is 1. The van der Waals surface area contributed by atoms with Gasteiger partial charge in [0.2, 0.25) is 0 Å². The predicted molar refractivity (Wildman–Crippen MR) is 213 cm³/mol. The van der Waals surface area contributed by atoms with Crippen LogP contribution in [0.5, 0.6) is 17.2 Å². The number of nitrogens with two attached hydrogens (primary N) is 2. The molecule has 2 aliphatic rings. The van der Waals surface area contributed by atoms with E-state index in [4.69, 9.17) is 37.5 Å². The number of hydrazine groups is 1. The lowest BCUT2D eigenvalue weighted by Gasteiger charge is -2.33. The van der Waals surface area contributed by atoms with Gasteiger partial charge in [0.1, 0.15) is 42.4 Å². The molecule has 6 rings (SSSR count). The summed E-state index contributed by atoms with van der Waals surface area (Å²) in [4.78, 5) is 9.03. The van der Waals surface area contributed by atoms with Gasteiger partial charge in [-0.3, -0.25) is 9.88 Å². The highest BCUT2D eigenvalue weighted by Crippen LogP contribution is 2.37. The lowest BCUT2D eigenvalue weighted by molar-refractivity contribution is 0.190. The molecule has 0 aliphatic carbocycles. The Labute approximate surface area is 323 Å². The molecular formula is C42H51ClN8O3. The van der Waals surface area contributed by atoms with Crippen molar-refractivity contribution >= 4 is 17.4 Å². The van der Waals surface area contributed by atoms with E-state index in [1.165, 1.54) is 32.1 Å². The molecule has 1 aromatic heterocycles. The average molecular weight is 751 g/mol. The van der Waals surface area contributed by atoms with E-state index in [-0.39, 0.29) is 12.5 Å². The second-order valence-electron chi connectivity index (χ2n) is 14.2. The van der Waals surface area contributed by atoms with Crippen LogP contribution in [-0.2, 0) is 19.8 Å². The van der Waals surface area contributed by atoms with Crippen molar-refractivity contribution in [2.75, 3.05) is 39.3 Å². The number of pyridine rings is 1. The third kappa shape index (κ3) is 9.81. The smallest absolute Gasteiger partial charge is 0.142 e. The molecular weight excluding hydrogens is 700 g/mol. The minimum Gasteiger partial charge on any atom is -0.493 e. The topological polar surface area (TPSA) is 147 Å². The largest absolute Gasteiger partial charge is 0.493 e. The number of piperidine rings is 1. The Hall–Kier alpha value is -4.86. The number of rotatable bonds is 15. The molecule has 2 fully saturated rings. The van der Waals surface area contributed by atoms with Gasteiger partial charge in [-0.15, -0.1) is 0 Å². The average Bonchev–Trinajstić information content (AvgIpc) is 3.71. The first-order valence-corrected chi connectivity index (χ1v) is 19.2. The van der Waals surface area contributed by atoms with Gasteiger partial charge in [-0.2, -0.15) is 10.4 Å². The predicted octanol–water partition coefficient (Wildman–Crippen LogP) is 6.86. The van der Waals surface area contributed by atoms with Crippen molar-refractivity contribution in [2.45, 2.75) is 65.7 Å². The quantitative estimate of drug-likeness (QED) is 0.0387. The molecule has 54 heavy (non-hydrogen) atoms. The Bertz CT molecular complexity index is 1960. The maximum atomic E-state index is 9.38. The Morgan fingerprint density at radius 3 is 2.44 bits per heavy atom. The van der Waals surface area contributed by atoms with E-state index in [1.54, 1.807) is 12.3 Å². The summed E-state index contributed by atoms with van der Waals surface area (Å²) in [6.07, 6.45) is 8.77. The van der Waals surface area contributed by atoms with Crippen LogP contribution in [0.2, 0.25) is 5.02 Å². The number of ether oxygens (including phenoxy) is 3. The SMILES string of the molecule is Cc1c(COc2cc(OCc3cncc(C#N)c3)c(CN3CCCC(/C(=N/N)NN)C3)cc2Cl)cccc1-c1cccc(OCCCN2CCCC2)c1C. The fourth-order valence-corrected chi connectivity index (χ4v) is 7.72. The maximum Gasteiger partial charge on any atom is 0.142 e. The molecule has 0 saturated carbocycles. The third-order valence-electron chi connectivity index (χ3n) is 10.5. The van der Waals surface area contributed by atoms with Crippen molar-refractivity contribution in [3.63, 3.8) is 0 Å². The number of likely N-dealkylation sites (tertiary alicyclic amines) is 2. The van der Waals surface area contributed by atoms with Gasteiger partial charge in [-0.25, -0.2) is 5.84 Å². The van der Waals surface area contributed by atoms with Gasteiger partial charge in [0.25, 0.3) is 0 Å². The summed E-state index contributed by atoms with van der Waals surface area (Å²) in [7, 11) is 0. The Morgan fingerprint density at radius 1 is 0.907 bits per heavy atom. The van der Waals surface area contributed by atoms with Gasteiger partial charge in [0.05, 0.1) is 17.2 Å². The number of nitriles is 1. The first-order valence-electron chi connectivity index (χ1n) is 18.8. The summed E-state index contributed by atoms with van der Waals surface area (Å²) in [5, 5.41) is 13.7. The van der Waals surface area contributed by atoms with Crippen molar-refractivity contribution in [3.05, 3.63) is 105 Å². The first-order chi connectivity index (χ1) is 26.4. The lowest BCUT2D eigenvalue weighted by Crippen LogP contribution is -2.45. The third-order valence-corrected chi connectivity index (χ3v) is 10.8. The number of benzene rings is 3. The number of nitrogens with zero attached hydrogens (tertiary/aromatic N) is 5. The van der Waals surface area contributed by atoms with Gasteiger partial charge < -0.3 is 30.4 Å². The van der Waals surface area contributed by atoms with Crippen LogP contribution in [0, 0.1) is 31.1 Å². The van der Waals surface area contributed by atoms with Gasteiger partial charge in [0, 0.05) is 55.1 Å². The first kappa shape index (κ1) is 38.9. The highest BCUT2D eigenvalue weighted by molar-refractivity contribution is 6.32. The van der Waals surface area contributed by atoms with Crippen LogP contribution in [0.25, 0.3) is 11.1 Å². The summed E-state index contributed by atoms with van der Waals surface area (Å²) in [5.74, 6) is 14.1. The molecule has 4 aromatic rings.